The molecule has 0 fully saturated rings. The molecule has 0 aromatic heterocycles. The average molecular weight is 718 g/mol. The number of nitrogens with zero attached hydrogens (tertiary/aromatic N) is 2. The van der Waals surface area contributed by atoms with Crippen molar-refractivity contribution in [1.29, 1.82) is 0 Å². The molecule has 0 radical (unpaired) electrons. The molecular formula is C39H47N3O8S. The quantitative estimate of drug-likeness (QED) is 0.146. The molecule has 1 N–H and O–H groups in total. The molecule has 0 saturated carbocycles. The van der Waals surface area contributed by atoms with E-state index in [0.717, 1.165) is 21.0 Å². The smallest absolute Gasteiger partial charge is 0.265 e. The Morgan fingerprint density at radius 2 is 1.43 bits per heavy atom. The van der Waals surface area contributed by atoms with Crippen LogP contribution in [0.25, 0.3) is 0 Å². The summed E-state index contributed by atoms with van der Waals surface area (Å²) < 4.78 is 52.2. The molecule has 2 atom stereocenters. The van der Waals surface area contributed by atoms with Crippen LogP contribution in [0, 0.1) is 6.92 Å². The summed E-state index contributed by atoms with van der Waals surface area (Å²) in [7, 11) is 1.23. The van der Waals surface area contributed by atoms with E-state index < -0.39 is 28.5 Å². The Morgan fingerprint density at radius 3 is 2.06 bits per heavy atom. The fraction of sp³-hybridized carbons (Fsp3) is 0.333. The Kier molecular flexibility index (Phi) is 13.3. The number of carbonyl (C=O) groups is 2. The molecule has 0 unspecified atom stereocenters. The molecule has 0 heterocycles. The van der Waals surface area contributed by atoms with Crippen LogP contribution < -0.4 is 28.6 Å². The highest BCUT2D eigenvalue weighted by molar-refractivity contribution is 7.92. The summed E-state index contributed by atoms with van der Waals surface area (Å²) >= 11 is 0. The highest BCUT2D eigenvalue weighted by Crippen LogP contribution is 2.38. The lowest BCUT2D eigenvalue weighted by Gasteiger charge is -2.35. The zero-order chi connectivity index (χ0) is 37.1. The number of aryl methyl sites for hydroxylation is 1. The molecule has 2 amide bonds. The van der Waals surface area contributed by atoms with Crippen LogP contribution in [0.2, 0.25) is 0 Å². The predicted octanol–water partition coefficient (Wildman–Crippen LogP) is 5.78. The van der Waals surface area contributed by atoms with Crippen LogP contribution in [0.15, 0.2) is 95.9 Å². The Labute approximate surface area is 301 Å². The molecule has 0 saturated heterocycles. The fourth-order valence-corrected chi connectivity index (χ4v) is 7.01. The van der Waals surface area contributed by atoms with Crippen molar-refractivity contribution in [3.8, 4) is 23.0 Å². The minimum absolute atomic E-state index is 0.0520. The molecule has 12 heteroatoms. The number of sulfonamides is 1. The van der Waals surface area contributed by atoms with Crippen LogP contribution in [0.5, 0.6) is 23.0 Å². The van der Waals surface area contributed by atoms with Gasteiger partial charge in [-0.1, -0.05) is 61.5 Å². The van der Waals surface area contributed by atoms with E-state index in [1.165, 1.54) is 57.6 Å². The van der Waals surface area contributed by atoms with E-state index in [-0.39, 0.29) is 47.0 Å². The van der Waals surface area contributed by atoms with Gasteiger partial charge < -0.3 is 29.2 Å². The van der Waals surface area contributed by atoms with Crippen molar-refractivity contribution in [2.45, 2.75) is 57.1 Å². The van der Waals surface area contributed by atoms with E-state index in [9.17, 15) is 18.0 Å². The molecule has 0 aliphatic carbocycles. The first-order chi connectivity index (χ1) is 24.5. The molecule has 0 spiro atoms. The molecule has 11 nitrogen and oxygen atoms in total. The average Bonchev–Trinajstić information content (AvgIpc) is 3.15. The number of carbonyl (C=O) groups excluding carboxylic acids is 2. The first-order valence-electron chi connectivity index (χ1n) is 16.6. The summed E-state index contributed by atoms with van der Waals surface area (Å²) in [6.45, 7) is 5.17. The van der Waals surface area contributed by atoms with Crippen LogP contribution in [-0.4, -0.2) is 72.2 Å². The molecule has 0 aliphatic heterocycles. The van der Waals surface area contributed by atoms with Gasteiger partial charge in [-0.05, 0) is 61.2 Å². The van der Waals surface area contributed by atoms with Gasteiger partial charge in [0, 0.05) is 31.1 Å². The van der Waals surface area contributed by atoms with Crippen molar-refractivity contribution in [3.63, 3.8) is 0 Å². The number of amides is 2. The Morgan fingerprint density at radius 1 is 0.784 bits per heavy atom. The maximum Gasteiger partial charge on any atom is 0.265 e. The molecule has 272 valence electrons. The minimum Gasteiger partial charge on any atom is -0.497 e. The predicted molar refractivity (Wildman–Crippen MR) is 197 cm³/mol. The maximum atomic E-state index is 14.9. The normalized spacial score (nSPS) is 12.3. The van der Waals surface area contributed by atoms with Gasteiger partial charge in [0.1, 0.15) is 24.1 Å². The number of nitrogens with one attached hydrogen (secondary N) is 1. The third-order valence-electron chi connectivity index (χ3n) is 8.75. The number of hydrogen-bond acceptors (Lipinski definition) is 8. The highest BCUT2D eigenvalue weighted by Gasteiger charge is 2.36. The van der Waals surface area contributed by atoms with Crippen molar-refractivity contribution in [1.82, 2.24) is 10.2 Å². The zero-order valence-electron chi connectivity index (χ0n) is 30.2. The van der Waals surface area contributed by atoms with Crippen molar-refractivity contribution < 1.29 is 37.0 Å². The molecule has 4 aromatic rings. The SMILES string of the molecule is CC[C@@H](C)NC(=O)[C@H](Cc1ccccc1)N(Cc1ccccc1C)C(=O)CN(c1cc(OC)ccc1OC)S(=O)(=O)c1ccc(OC)c(OC)c1. The van der Waals surface area contributed by atoms with E-state index >= 15 is 0 Å². The second kappa shape index (κ2) is 17.6. The van der Waals surface area contributed by atoms with Crippen LogP contribution in [-0.2, 0) is 32.6 Å². The number of methoxy groups -OCH3 is 4. The minimum atomic E-state index is -4.49. The summed E-state index contributed by atoms with van der Waals surface area (Å²) in [5.74, 6) is 0.105. The second-order valence-corrected chi connectivity index (χ2v) is 13.9. The molecule has 0 aliphatic rings. The van der Waals surface area contributed by atoms with Gasteiger partial charge in [0.25, 0.3) is 10.0 Å². The van der Waals surface area contributed by atoms with Crippen LogP contribution in [0.1, 0.15) is 37.0 Å². The topological polar surface area (TPSA) is 124 Å². The van der Waals surface area contributed by atoms with Gasteiger partial charge in [0.05, 0.1) is 39.0 Å². The number of rotatable bonds is 17. The number of benzene rings is 4. The zero-order valence-corrected chi connectivity index (χ0v) is 31.0. The number of anilines is 1. The van der Waals surface area contributed by atoms with Gasteiger partial charge in [-0.15, -0.1) is 0 Å². The summed E-state index contributed by atoms with van der Waals surface area (Å²) in [5.41, 5.74) is 2.64. The second-order valence-electron chi connectivity index (χ2n) is 12.0. The summed E-state index contributed by atoms with van der Waals surface area (Å²) in [4.78, 5) is 30.4. The summed E-state index contributed by atoms with van der Waals surface area (Å²) in [6.07, 6.45) is 0.883. The van der Waals surface area contributed by atoms with Gasteiger partial charge in [0.2, 0.25) is 11.8 Å². The first kappa shape index (κ1) is 38.6. The van der Waals surface area contributed by atoms with Crippen molar-refractivity contribution >= 4 is 27.5 Å². The maximum absolute atomic E-state index is 14.9. The lowest BCUT2D eigenvalue weighted by molar-refractivity contribution is -0.140. The van der Waals surface area contributed by atoms with E-state index in [1.54, 1.807) is 12.1 Å². The Hall–Kier alpha value is -5.23. The van der Waals surface area contributed by atoms with Gasteiger partial charge in [-0.3, -0.25) is 13.9 Å². The van der Waals surface area contributed by atoms with Crippen molar-refractivity contribution in [2.24, 2.45) is 0 Å². The standard InChI is InChI=1S/C39H47N3O8S/c1-8-28(3)40-39(44)34(22-29-15-10-9-11-16-29)41(25-30-17-13-12-14-27(30)2)38(43)26-42(33-23-31(47-4)18-20-35(33)48-5)51(45,46)32-19-21-36(49-6)37(24-32)50-7/h9-21,23-24,28,34H,8,22,25-26H2,1-7H3,(H,40,44)/t28-,34+/m1/s1. The van der Waals surface area contributed by atoms with Crippen molar-refractivity contribution in [2.75, 3.05) is 39.3 Å². The third-order valence-corrected chi connectivity index (χ3v) is 10.5. The summed E-state index contributed by atoms with van der Waals surface area (Å²) in [6, 6.07) is 24.8. The van der Waals surface area contributed by atoms with E-state index in [1.807, 2.05) is 75.4 Å². The van der Waals surface area contributed by atoms with Crippen molar-refractivity contribution in [3.05, 3.63) is 108 Å². The largest absolute Gasteiger partial charge is 0.497 e. The molecule has 51 heavy (non-hydrogen) atoms. The van der Waals surface area contributed by atoms with Crippen LogP contribution in [0.4, 0.5) is 5.69 Å². The van der Waals surface area contributed by atoms with Gasteiger partial charge in [-0.2, -0.15) is 0 Å². The van der Waals surface area contributed by atoms with Gasteiger partial charge in [-0.25, -0.2) is 8.42 Å². The fourth-order valence-electron chi connectivity index (χ4n) is 5.58. The summed E-state index contributed by atoms with van der Waals surface area (Å²) in [5, 5.41) is 3.06. The van der Waals surface area contributed by atoms with Crippen LogP contribution in [0.3, 0.4) is 0 Å². The lowest BCUT2D eigenvalue weighted by Crippen LogP contribution is -2.54. The third kappa shape index (κ3) is 9.31. The Balaban J connectivity index is 1.91. The van der Waals surface area contributed by atoms with E-state index in [2.05, 4.69) is 5.32 Å². The lowest BCUT2D eigenvalue weighted by atomic mass is 10.0. The Bertz CT molecular complexity index is 1900. The first-order valence-corrected chi connectivity index (χ1v) is 18.1. The monoisotopic (exact) mass is 717 g/mol. The van der Waals surface area contributed by atoms with Crippen LogP contribution >= 0.6 is 0 Å². The molecule has 4 rings (SSSR count). The highest BCUT2D eigenvalue weighted by atomic mass is 32.2. The number of hydrogen-bond donors (Lipinski definition) is 1. The molecule has 0 bridgehead atoms. The molecular weight excluding hydrogens is 671 g/mol. The molecule has 4 aromatic carbocycles. The van der Waals surface area contributed by atoms with E-state index in [0.29, 0.717) is 17.9 Å². The van der Waals surface area contributed by atoms with Gasteiger partial charge in [0.15, 0.2) is 11.5 Å². The van der Waals surface area contributed by atoms with Gasteiger partial charge >= 0.3 is 0 Å². The number of ether oxygens (including phenoxy) is 4. The van der Waals surface area contributed by atoms with E-state index in [4.69, 9.17) is 18.9 Å².